The molecule has 0 amide bonds. The third kappa shape index (κ3) is 2.91. The number of aromatic nitrogens is 2. The number of nitrogens with one attached hydrogen (secondary N) is 2. The molecule has 17 heavy (non-hydrogen) atoms. The Morgan fingerprint density at radius 2 is 2.00 bits per heavy atom. The van der Waals surface area contributed by atoms with E-state index in [2.05, 4.69) is 36.1 Å². The molecule has 0 atom stereocenters. The molecule has 1 aromatic carbocycles. The van der Waals surface area contributed by atoms with Gasteiger partial charge in [0, 0.05) is 5.54 Å². The van der Waals surface area contributed by atoms with Gasteiger partial charge >= 0.3 is 0 Å². The van der Waals surface area contributed by atoms with Crippen LogP contribution < -0.4 is 10.9 Å². The zero-order chi connectivity index (χ0) is 12.5. The van der Waals surface area contributed by atoms with Crippen LogP contribution in [0.5, 0.6) is 0 Å². The first-order chi connectivity index (χ1) is 7.96. The summed E-state index contributed by atoms with van der Waals surface area (Å²) < 4.78 is 0. The van der Waals surface area contributed by atoms with Gasteiger partial charge in [0.1, 0.15) is 5.82 Å². The van der Waals surface area contributed by atoms with Gasteiger partial charge in [-0.1, -0.05) is 12.1 Å². The van der Waals surface area contributed by atoms with E-state index in [1.54, 1.807) is 6.07 Å². The van der Waals surface area contributed by atoms with Crippen molar-refractivity contribution < 1.29 is 0 Å². The summed E-state index contributed by atoms with van der Waals surface area (Å²) in [6, 6.07) is 7.36. The molecule has 0 aliphatic carbocycles. The van der Waals surface area contributed by atoms with Crippen molar-refractivity contribution in [2.24, 2.45) is 0 Å². The number of rotatable bonds is 2. The van der Waals surface area contributed by atoms with Crippen LogP contribution in [0.3, 0.4) is 0 Å². The number of fused-ring (bicyclic) bond motifs is 1. The number of H-pyrrole nitrogens is 1. The molecule has 0 radical (unpaired) electrons. The van der Waals surface area contributed by atoms with Gasteiger partial charge in [-0.3, -0.25) is 4.79 Å². The van der Waals surface area contributed by atoms with E-state index in [1.165, 1.54) is 0 Å². The number of aromatic amines is 1. The minimum atomic E-state index is -0.0821. The average molecular weight is 231 g/mol. The molecule has 90 valence electrons. The van der Waals surface area contributed by atoms with E-state index >= 15 is 0 Å². The maximum atomic E-state index is 11.8. The Labute approximate surface area is 100 Å². The first-order valence-electron chi connectivity index (χ1n) is 5.69. The van der Waals surface area contributed by atoms with E-state index in [-0.39, 0.29) is 11.1 Å². The Morgan fingerprint density at radius 1 is 1.29 bits per heavy atom. The van der Waals surface area contributed by atoms with Crippen LogP contribution in [0.4, 0.5) is 0 Å². The summed E-state index contributed by atoms with van der Waals surface area (Å²) in [7, 11) is 0. The fourth-order valence-corrected chi connectivity index (χ4v) is 1.57. The molecular formula is C13H17N3O. The lowest BCUT2D eigenvalue weighted by molar-refractivity contribution is 0.418. The minimum absolute atomic E-state index is 0.00418. The van der Waals surface area contributed by atoms with Crippen molar-refractivity contribution in [3.05, 3.63) is 40.4 Å². The standard InChI is InChI=1S/C13H17N3O/c1-13(2,3)14-8-11-15-10-7-5-4-6-9(10)12(17)16-11/h4-7,14H,8H2,1-3H3,(H,15,16,17). The quantitative estimate of drug-likeness (QED) is 0.828. The van der Waals surface area contributed by atoms with Crippen LogP contribution >= 0.6 is 0 Å². The smallest absolute Gasteiger partial charge is 0.258 e. The van der Waals surface area contributed by atoms with Crippen LogP contribution in [0, 0.1) is 0 Å². The Balaban J connectivity index is 2.34. The van der Waals surface area contributed by atoms with Gasteiger partial charge < -0.3 is 10.3 Å². The molecule has 1 heterocycles. The zero-order valence-electron chi connectivity index (χ0n) is 10.4. The second-order valence-corrected chi connectivity index (χ2v) is 5.13. The molecule has 4 heteroatoms. The fraction of sp³-hybridized carbons (Fsp3) is 0.385. The largest absolute Gasteiger partial charge is 0.309 e. The van der Waals surface area contributed by atoms with Crippen molar-refractivity contribution >= 4 is 10.9 Å². The molecule has 2 rings (SSSR count). The van der Waals surface area contributed by atoms with Crippen LogP contribution in [-0.4, -0.2) is 15.5 Å². The molecule has 0 saturated heterocycles. The van der Waals surface area contributed by atoms with Gasteiger partial charge in [-0.2, -0.15) is 0 Å². The molecule has 0 bridgehead atoms. The van der Waals surface area contributed by atoms with Crippen molar-refractivity contribution in [3.63, 3.8) is 0 Å². The Bertz CT molecular complexity index is 581. The number of benzene rings is 1. The monoisotopic (exact) mass is 231 g/mol. The summed E-state index contributed by atoms with van der Waals surface area (Å²) >= 11 is 0. The normalized spacial score (nSPS) is 11.9. The lowest BCUT2D eigenvalue weighted by Gasteiger charge is -2.19. The molecule has 2 aromatic rings. The van der Waals surface area contributed by atoms with E-state index in [4.69, 9.17) is 0 Å². The summed E-state index contributed by atoms with van der Waals surface area (Å²) in [5.41, 5.74) is 0.660. The molecule has 0 aliphatic heterocycles. The SMILES string of the molecule is CC(C)(C)NCc1nc2ccccc2c(=O)[nH]1. The third-order valence-electron chi connectivity index (χ3n) is 2.45. The van der Waals surface area contributed by atoms with Crippen molar-refractivity contribution in [1.29, 1.82) is 0 Å². The highest BCUT2D eigenvalue weighted by Gasteiger charge is 2.10. The van der Waals surface area contributed by atoms with Crippen molar-refractivity contribution in [1.82, 2.24) is 15.3 Å². The van der Waals surface area contributed by atoms with Crippen molar-refractivity contribution in [3.8, 4) is 0 Å². The summed E-state index contributed by atoms with van der Waals surface area (Å²) in [4.78, 5) is 19.0. The summed E-state index contributed by atoms with van der Waals surface area (Å²) in [5, 5.41) is 3.93. The third-order valence-corrected chi connectivity index (χ3v) is 2.45. The highest BCUT2D eigenvalue weighted by molar-refractivity contribution is 5.77. The van der Waals surface area contributed by atoms with E-state index < -0.39 is 0 Å². The second kappa shape index (κ2) is 4.30. The number of para-hydroxylation sites is 1. The van der Waals surface area contributed by atoms with Gasteiger partial charge in [-0.05, 0) is 32.9 Å². The molecule has 0 spiro atoms. The maximum Gasteiger partial charge on any atom is 0.258 e. The summed E-state index contributed by atoms with van der Waals surface area (Å²) in [5.74, 6) is 0.670. The van der Waals surface area contributed by atoms with E-state index in [0.717, 1.165) is 5.52 Å². The van der Waals surface area contributed by atoms with Gasteiger partial charge in [0.25, 0.3) is 5.56 Å². The van der Waals surface area contributed by atoms with Crippen LogP contribution in [0.2, 0.25) is 0 Å². The highest BCUT2D eigenvalue weighted by atomic mass is 16.1. The van der Waals surface area contributed by atoms with Crippen molar-refractivity contribution in [2.75, 3.05) is 0 Å². The van der Waals surface area contributed by atoms with Crippen LogP contribution in [0.1, 0.15) is 26.6 Å². The number of hydrogen-bond acceptors (Lipinski definition) is 3. The summed E-state index contributed by atoms with van der Waals surface area (Å²) in [6.07, 6.45) is 0. The maximum absolute atomic E-state index is 11.8. The first kappa shape index (κ1) is 11.8. The van der Waals surface area contributed by atoms with E-state index in [9.17, 15) is 4.79 Å². The van der Waals surface area contributed by atoms with Gasteiger partial charge in [0.15, 0.2) is 0 Å². The number of hydrogen-bond donors (Lipinski definition) is 2. The van der Waals surface area contributed by atoms with Crippen LogP contribution in [0.15, 0.2) is 29.1 Å². The molecule has 0 saturated carbocycles. The molecule has 0 unspecified atom stereocenters. The Kier molecular flexibility index (Phi) is 2.98. The van der Waals surface area contributed by atoms with Gasteiger partial charge in [0.2, 0.25) is 0 Å². The topological polar surface area (TPSA) is 57.8 Å². The van der Waals surface area contributed by atoms with E-state index in [1.807, 2.05) is 18.2 Å². The molecular weight excluding hydrogens is 214 g/mol. The first-order valence-corrected chi connectivity index (χ1v) is 5.69. The minimum Gasteiger partial charge on any atom is -0.309 e. The van der Waals surface area contributed by atoms with Gasteiger partial charge in [-0.15, -0.1) is 0 Å². The highest BCUT2D eigenvalue weighted by Crippen LogP contribution is 2.06. The fourth-order valence-electron chi connectivity index (χ4n) is 1.57. The van der Waals surface area contributed by atoms with Gasteiger partial charge in [0.05, 0.1) is 17.4 Å². The van der Waals surface area contributed by atoms with E-state index in [0.29, 0.717) is 17.8 Å². The second-order valence-electron chi connectivity index (χ2n) is 5.13. The molecule has 1 aromatic heterocycles. The predicted octanol–water partition coefficient (Wildman–Crippen LogP) is 1.81. The summed E-state index contributed by atoms with van der Waals surface area (Å²) in [6.45, 7) is 6.79. The van der Waals surface area contributed by atoms with Crippen LogP contribution in [-0.2, 0) is 6.54 Å². The lowest BCUT2D eigenvalue weighted by Crippen LogP contribution is -2.36. The molecule has 0 fully saturated rings. The zero-order valence-corrected chi connectivity index (χ0v) is 10.4. The molecule has 0 aliphatic rings. The Morgan fingerprint density at radius 3 is 2.71 bits per heavy atom. The predicted molar refractivity (Wildman–Crippen MR) is 69.0 cm³/mol. The molecule has 2 N–H and O–H groups in total. The van der Waals surface area contributed by atoms with Crippen LogP contribution in [0.25, 0.3) is 10.9 Å². The Hall–Kier alpha value is -1.68. The van der Waals surface area contributed by atoms with Crippen molar-refractivity contribution in [2.45, 2.75) is 32.9 Å². The molecule has 4 nitrogen and oxygen atoms in total. The number of nitrogens with zero attached hydrogens (tertiary/aromatic N) is 1. The average Bonchev–Trinajstić information content (AvgIpc) is 2.26. The van der Waals surface area contributed by atoms with Gasteiger partial charge in [-0.25, -0.2) is 4.98 Å². The lowest BCUT2D eigenvalue weighted by atomic mass is 10.1.